The molecule has 18 heavy (non-hydrogen) atoms. The number of benzene rings is 1. The Morgan fingerprint density at radius 1 is 1.50 bits per heavy atom. The monoisotopic (exact) mass is 384 g/mol. The van der Waals surface area contributed by atoms with Crippen LogP contribution in [-0.4, -0.2) is 25.0 Å². The number of carbonyl (C=O) groups excluding carboxylic acids is 1. The number of halogens is 3. The Morgan fingerprint density at radius 3 is 2.94 bits per heavy atom. The zero-order valence-corrected chi connectivity index (χ0v) is 12.7. The zero-order chi connectivity index (χ0) is 12.3. The molecule has 1 aliphatic rings. The molecule has 0 aromatic heterocycles. The molecule has 1 heterocycles. The fraction of sp³-hybridized carbons (Fsp3) is 0.417. The molecule has 1 fully saturated rings. The highest BCUT2D eigenvalue weighted by atomic mass is 127. The van der Waals surface area contributed by atoms with Gasteiger partial charge in [0.25, 0.3) is 5.91 Å². The van der Waals surface area contributed by atoms with Crippen LogP contribution in [0.25, 0.3) is 0 Å². The van der Waals surface area contributed by atoms with Gasteiger partial charge in [0.2, 0.25) is 0 Å². The SMILES string of the molecule is Cl.O=C(N[C@H]1CCCNC1)c1cc(F)ccc1I. The van der Waals surface area contributed by atoms with E-state index in [2.05, 4.69) is 10.6 Å². The first kappa shape index (κ1) is 15.7. The molecule has 0 unspecified atom stereocenters. The largest absolute Gasteiger partial charge is 0.348 e. The molecule has 3 nitrogen and oxygen atoms in total. The van der Waals surface area contributed by atoms with Crippen molar-refractivity contribution in [1.82, 2.24) is 10.6 Å². The van der Waals surface area contributed by atoms with Crippen LogP contribution in [-0.2, 0) is 0 Å². The Balaban J connectivity index is 0.00000162. The lowest BCUT2D eigenvalue weighted by Crippen LogP contribution is -2.45. The second-order valence-corrected chi connectivity index (χ2v) is 5.30. The number of carbonyl (C=O) groups is 1. The van der Waals surface area contributed by atoms with Crippen LogP contribution in [0.15, 0.2) is 18.2 Å². The Morgan fingerprint density at radius 2 is 2.28 bits per heavy atom. The highest BCUT2D eigenvalue weighted by molar-refractivity contribution is 14.1. The summed E-state index contributed by atoms with van der Waals surface area (Å²) < 4.78 is 13.9. The van der Waals surface area contributed by atoms with Gasteiger partial charge >= 0.3 is 0 Å². The average Bonchev–Trinajstić information content (AvgIpc) is 2.33. The van der Waals surface area contributed by atoms with Crippen molar-refractivity contribution < 1.29 is 9.18 Å². The van der Waals surface area contributed by atoms with E-state index in [-0.39, 0.29) is 30.2 Å². The summed E-state index contributed by atoms with van der Waals surface area (Å²) in [6.07, 6.45) is 2.04. The predicted molar refractivity (Wildman–Crippen MR) is 79.7 cm³/mol. The summed E-state index contributed by atoms with van der Waals surface area (Å²) in [5, 5.41) is 6.16. The Kier molecular flexibility index (Phi) is 6.31. The summed E-state index contributed by atoms with van der Waals surface area (Å²) in [6.45, 7) is 1.79. The minimum Gasteiger partial charge on any atom is -0.348 e. The quantitative estimate of drug-likeness (QED) is 0.769. The molecule has 100 valence electrons. The highest BCUT2D eigenvalue weighted by Gasteiger charge is 2.18. The van der Waals surface area contributed by atoms with Crippen molar-refractivity contribution in [3.63, 3.8) is 0 Å². The molecule has 0 spiro atoms. The molecule has 6 heteroatoms. The van der Waals surface area contributed by atoms with E-state index in [4.69, 9.17) is 0 Å². The predicted octanol–water partition coefficient (Wildman–Crippen LogP) is 2.33. The summed E-state index contributed by atoms with van der Waals surface area (Å²) in [5.41, 5.74) is 0.413. The Bertz CT molecular complexity index is 425. The third-order valence-corrected chi connectivity index (χ3v) is 3.75. The van der Waals surface area contributed by atoms with E-state index in [0.717, 1.165) is 29.5 Å². The first-order chi connectivity index (χ1) is 8.16. The van der Waals surface area contributed by atoms with E-state index < -0.39 is 0 Å². The molecule has 0 bridgehead atoms. The van der Waals surface area contributed by atoms with E-state index >= 15 is 0 Å². The Hall–Kier alpha value is -0.400. The molecule has 2 rings (SSSR count). The lowest BCUT2D eigenvalue weighted by molar-refractivity contribution is 0.0929. The fourth-order valence-electron chi connectivity index (χ4n) is 1.91. The molecule has 0 aliphatic carbocycles. The van der Waals surface area contributed by atoms with Crippen LogP contribution < -0.4 is 10.6 Å². The van der Waals surface area contributed by atoms with Gasteiger partial charge in [-0.05, 0) is 60.2 Å². The van der Waals surface area contributed by atoms with E-state index in [1.807, 2.05) is 22.6 Å². The second kappa shape index (κ2) is 7.25. The van der Waals surface area contributed by atoms with E-state index in [0.29, 0.717) is 5.56 Å². The van der Waals surface area contributed by atoms with Gasteiger partial charge in [0, 0.05) is 16.2 Å². The van der Waals surface area contributed by atoms with Crippen molar-refractivity contribution in [2.45, 2.75) is 18.9 Å². The summed E-state index contributed by atoms with van der Waals surface area (Å²) in [6, 6.07) is 4.41. The van der Waals surface area contributed by atoms with E-state index in [1.54, 1.807) is 6.07 Å². The molecule has 0 saturated carbocycles. The molecular formula is C12H15ClFIN2O. The topological polar surface area (TPSA) is 41.1 Å². The third kappa shape index (κ3) is 4.07. The van der Waals surface area contributed by atoms with E-state index in [1.165, 1.54) is 12.1 Å². The first-order valence-corrected chi connectivity index (χ1v) is 6.71. The van der Waals surface area contributed by atoms with Crippen molar-refractivity contribution in [2.24, 2.45) is 0 Å². The normalized spacial score (nSPS) is 18.9. The molecule has 1 aromatic carbocycles. The lowest BCUT2D eigenvalue weighted by atomic mass is 10.1. The van der Waals surface area contributed by atoms with Crippen molar-refractivity contribution in [2.75, 3.05) is 13.1 Å². The molecule has 1 saturated heterocycles. The van der Waals surface area contributed by atoms with Gasteiger partial charge in [-0.1, -0.05) is 0 Å². The van der Waals surface area contributed by atoms with Gasteiger partial charge < -0.3 is 10.6 Å². The molecule has 1 atom stereocenters. The molecule has 2 N–H and O–H groups in total. The highest BCUT2D eigenvalue weighted by Crippen LogP contribution is 2.14. The molecule has 0 radical (unpaired) electrons. The van der Waals surface area contributed by atoms with Crippen molar-refractivity contribution in [3.05, 3.63) is 33.1 Å². The summed E-state index contributed by atoms with van der Waals surface area (Å²) in [7, 11) is 0. The van der Waals surface area contributed by atoms with Crippen LogP contribution in [0.3, 0.4) is 0 Å². The molecule has 1 amide bonds. The van der Waals surface area contributed by atoms with Crippen molar-refractivity contribution >= 4 is 40.9 Å². The van der Waals surface area contributed by atoms with E-state index in [9.17, 15) is 9.18 Å². The first-order valence-electron chi connectivity index (χ1n) is 5.63. The van der Waals surface area contributed by atoms with Gasteiger partial charge in [-0.2, -0.15) is 0 Å². The maximum atomic E-state index is 13.1. The van der Waals surface area contributed by atoms with Gasteiger partial charge in [-0.25, -0.2) is 4.39 Å². The van der Waals surface area contributed by atoms with Crippen LogP contribution in [0.1, 0.15) is 23.2 Å². The van der Waals surface area contributed by atoms with Gasteiger partial charge in [-0.15, -0.1) is 12.4 Å². The van der Waals surface area contributed by atoms with Crippen molar-refractivity contribution in [1.29, 1.82) is 0 Å². The summed E-state index contributed by atoms with van der Waals surface area (Å²) in [4.78, 5) is 12.0. The number of hydrogen-bond acceptors (Lipinski definition) is 2. The maximum Gasteiger partial charge on any atom is 0.252 e. The fourth-order valence-corrected chi connectivity index (χ4v) is 2.49. The van der Waals surface area contributed by atoms with Crippen LogP contribution >= 0.6 is 35.0 Å². The van der Waals surface area contributed by atoms with Crippen LogP contribution in [0.5, 0.6) is 0 Å². The third-order valence-electron chi connectivity index (χ3n) is 2.81. The van der Waals surface area contributed by atoms with Gasteiger partial charge in [0.1, 0.15) is 5.82 Å². The van der Waals surface area contributed by atoms with Crippen LogP contribution in [0, 0.1) is 9.39 Å². The number of hydrogen-bond donors (Lipinski definition) is 2. The lowest BCUT2D eigenvalue weighted by Gasteiger charge is -2.24. The number of piperidine rings is 1. The Labute approximate surface area is 125 Å². The van der Waals surface area contributed by atoms with Crippen LogP contribution in [0.4, 0.5) is 4.39 Å². The number of nitrogens with one attached hydrogen (secondary N) is 2. The van der Waals surface area contributed by atoms with Crippen LogP contribution in [0.2, 0.25) is 0 Å². The smallest absolute Gasteiger partial charge is 0.252 e. The number of amides is 1. The minimum absolute atomic E-state index is 0. The molecule has 1 aliphatic heterocycles. The molecule has 1 aromatic rings. The van der Waals surface area contributed by atoms with Crippen molar-refractivity contribution in [3.8, 4) is 0 Å². The van der Waals surface area contributed by atoms with Gasteiger partial charge in [0.15, 0.2) is 0 Å². The summed E-state index contributed by atoms with van der Waals surface area (Å²) >= 11 is 2.04. The zero-order valence-electron chi connectivity index (χ0n) is 9.71. The van der Waals surface area contributed by atoms with Gasteiger partial charge in [0.05, 0.1) is 5.56 Å². The standard InChI is InChI=1S/C12H14FIN2O.ClH/c13-8-3-4-11(14)10(6-8)12(17)16-9-2-1-5-15-7-9;/h3-4,6,9,15H,1-2,5,7H2,(H,16,17);1H/t9-;/m0./s1. The molecular weight excluding hydrogens is 369 g/mol. The maximum absolute atomic E-state index is 13.1. The van der Waals surface area contributed by atoms with Gasteiger partial charge in [-0.3, -0.25) is 4.79 Å². The summed E-state index contributed by atoms with van der Waals surface area (Å²) in [5.74, 6) is -0.570. The number of rotatable bonds is 2. The minimum atomic E-state index is -0.377. The average molecular weight is 385 g/mol. The second-order valence-electron chi connectivity index (χ2n) is 4.14.